The number of fused-ring (bicyclic) bond motifs is 1. The number of hydrogen-bond acceptors (Lipinski definition) is 5. The fraction of sp³-hybridized carbons (Fsp3) is 0.379. The van der Waals surface area contributed by atoms with Crippen molar-refractivity contribution < 1.29 is 24.1 Å². The Morgan fingerprint density at radius 2 is 2.11 bits per heavy atom. The second-order valence-corrected chi connectivity index (χ2v) is 9.85. The molecule has 0 unspecified atom stereocenters. The molecule has 3 atom stereocenters. The molecule has 1 saturated heterocycles. The van der Waals surface area contributed by atoms with Crippen LogP contribution in [0.15, 0.2) is 48.7 Å². The maximum atomic E-state index is 13.2. The summed E-state index contributed by atoms with van der Waals surface area (Å²) in [4.78, 5) is 18.1. The lowest BCUT2D eigenvalue weighted by Gasteiger charge is -2.37. The highest BCUT2D eigenvalue weighted by atomic mass is 35.5. The van der Waals surface area contributed by atoms with Crippen LogP contribution in [-0.4, -0.2) is 52.8 Å². The minimum atomic E-state index is -0.825. The van der Waals surface area contributed by atoms with Crippen LogP contribution in [0.4, 0.5) is 4.39 Å². The molecule has 2 aromatic carbocycles. The number of rotatable bonds is 8. The van der Waals surface area contributed by atoms with Crippen molar-refractivity contribution >= 4 is 28.5 Å². The van der Waals surface area contributed by atoms with Gasteiger partial charge in [-0.15, -0.1) is 0 Å². The molecule has 0 aliphatic carbocycles. The largest absolute Gasteiger partial charge is 0.497 e. The van der Waals surface area contributed by atoms with Gasteiger partial charge in [-0.2, -0.15) is 0 Å². The summed E-state index contributed by atoms with van der Waals surface area (Å²) in [6.45, 7) is 1.89. The van der Waals surface area contributed by atoms with Crippen LogP contribution < -0.4 is 4.74 Å². The van der Waals surface area contributed by atoms with E-state index in [1.807, 2.05) is 24.3 Å². The van der Waals surface area contributed by atoms with E-state index in [4.69, 9.17) is 16.3 Å². The molecule has 0 saturated carbocycles. The molecule has 2 heterocycles. The molecule has 8 heteroatoms. The van der Waals surface area contributed by atoms with Crippen molar-refractivity contribution in [3.05, 3.63) is 70.6 Å². The summed E-state index contributed by atoms with van der Waals surface area (Å²) in [6, 6.07) is 11.5. The molecule has 37 heavy (non-hydrogen) atoms. The van der Waals surface area contributed by atoms with E-state index < -0.39 is 17.9 Å². The van der Waals surface area contributed by atoms with Crippen molar-refractivity contribution in [3.8, 4) is 17.6 Å². The topological polar surface area (TPSA) is 82.9 Å². The number of halogens is 2. The van der Waals surface area contributed by atoms with Crippen molar-refractivity contribution in [1.82, 2.24) is 9.88 Å². The maximum Gasteiger partial charge on any atom is 0.303 e. The number of hydrogen-bond donors (Lipinski definition) is 2. The molecule has 2 N–H and O–H groups in total. The third-order valence-corrected chi connectivity index (χ3v) is 7.33. The summed E-state index contributed by atoms with van der Waals surface area (Å²) in [5, 5.41) is 21.7. The van der Waals surface area contributed by atoms with Gasteiger partial charge in [0.05, 0.1) is 30.3 Å². The number of carboxylic acids is 1. The average Bonchev–Trinajstić information content (AvgIpc) is 2.88. The third kappa shape index (κ3) is 6.98. The molecule has 0 radical (unpaired) electrons. The van der Waals surface area contributed by atoms with Crippen LogP contribution in [0.25, 0.3) is 10.9 Å². The molecule has 6 nitrogen and oxygen atoms in total. The van der Waals surface area contributed by atoms with Gasteiger partial charge in [-0.3, -0.25) is 14.7 Å². The Morgan fingerprint density at radius 3 is 2.86 bits per heavy atom. The van der Waals surface area contributed by atoms with Gasteiger partial charge in [0.25, 0.3) is 0 Å². The molecule has 1 aliphatic rings. The molecule has 1 aromatic heterocycles. The summed E-state index contributed by atoms with van der Waals surface area (Å²) in [5.41, 5.74) is 2.15. The number of ether oxygens (including phenoxy) is 1. The van der Waals surface area contributed by atoms with E-state index in [0.717, 1.165) is 35.9 Å². The summed E-state index contributed by atoms with van der Waals surface area (Å²) >= 11 is 6.05. The molecular weight excluding hydrogens is 495 g/mol. The van der Waals surface area contributed by atoms with Gasteiger partial charge in [-0.25, -0.2) is 4.39 Å². The number of benzene rings is 2. The van der Waals surface area contributed by atoms with Gasteiger partial charge in [-0.05, 0) is 85.7 Å². The van der Waals surface area contributed by atoms with Crippen molar-refractivity contribution in [2.75, 3.05) is 26.7 Å². The first-order valence-corrected chi connectivity index (χ1v) is 12.7. The Bertz CT molecular complexity index is 1320. The highest BCUT2D eigenvalue weighted by Crippen LogP contribution is 2.34. The fourth-order valence-electron chi connectivity index (χ4n) is 5.06. The number of aliphatic hydroxyl groups is 1. The highest BCUT2D eigenvalue weighted by molar-refractivity contribution is 6.31. The van der Waals surface area contributed by atoms with Gasteiger partial charge in [0.15, 0.2) is 0 Å². The normalized spacial score (nSPS) is 18.7. The second-order valence-electron chi connectivity index (χ2n) is 9.44. The zero-order valence-corrected chi connectivity index (χ0v) is 21.4. The van der Waals surface area contributed by atoms with Crippen LogP contribution in [0, 0.1) is 29.5 Å². The number of nitrogens with zero attached hydrogens (tertiary/aromatic N) is 2. The zero-order chi connectivity index (χ0) is 26.4. The number of aliphatic carboxylic acids is 1. The van der Waals surface area contributed by atoms with Crippen molar-refractivity contribution in [1.29, 1.82) is 0 Å². The highest BCUT2D eigenvalue weighted by Gasteiger charge is 2.31. The van der Waals surface area contributed by atoms with Gasteiger partial charge >= 0.3 is 5.97 Å². The molecule has 1 aliphatic heterocycles. The summed E-state index contributed by atoms with van der Waals surface area (Å²) in [6.07, 6.45) is 3.15. The number of piperidine rings is 1. The van der Waals surface area contributed by atoms with Crippen molar-refractivity contribution in [2.45, 2.75) is 31.8 Å². The van der Waals surface area contributed by atoms with Gasteiger partial charge in [-0.1, -0.05) is 23.4 Å². The van der Waals surface area contributed by atoms with Crippen LogP contribution in [0.2, 0.25) is 5.02 Å². The molecule has 194 valence electrons. The second kappa shape index (κ2) is 12.4. The van der Waals surface area contributed by atoms with Crippen LogP contribution in [0.1, 0.15) is 42.9 Å². The van der Waals surface area contributed by atoms with E-state index in [9.17, 15) is 19.4 Å². The fourth-order valence-corrected chi connectivity index (χ4v) is 5.28. The molecule has 0 bridgehead atoms. The van der Waals surface area contributed by atoms with E-state index >= 15 is 0 Å². The number of likely N-dealkylation sites (tertiary alicyclic amines) is 1. The minimum absolute atomic E-state index is 0.0380. The van der Waals surface area contributed by atoms with E-state index in [2.05, 4.69) is 21.7 Å². The van der Waals surface area contributed by atoms with Crippen LogP contribution in [0.5, 0.6) is 5.75 Å². The van der Waals surface area contributed by atoms with Crippen molar-refractivity contribution in [3.63, 3.8) is 0 Å². The molecule has 3 aromatic rings. The SMILES string of the molecule is COc1ccc2nccc([C@H](O)CC[C@@H]3CCN(CC#Cc4ccc(F)cc4Cl)C[C@@H]3CC(=O)O)c2c1. The zero-order valence-electron chi connectivity index (χ0n) is 20.7. The number of pyridine rings is 1. The van der Waals surface area contributed by atoms with Crippen LogP contribution in [-0.2, 0) is 4.79 Å². The van der Waals surface area contributed by atoms with Crippen molar-refractivity contribution in [2.24, 2.45) is 11.8 Å². The minimum Gasteiger partial charge on any atom is -0.497 e. The molecule has 0 amide bonds. The molecule has 1 fully saturated rings. The number of aliphatic hydroxyl groups excluding tert-OH is 1. The van der Waals surface area contributed by atoms with E-state index in [1.54, 1.807) is 19.4 Å². The lowest BCUT2D eigenvalue weighted by atomic mass is 9.79. The first-order chi connectivity index (χ1) is 17.8. The quantitative estimate of drug-likeness (QED) is 0.388. The monoisotopic (exact) mass is 524 g/mol. The first kappa shape index (κ1) is 26.9. The summed E-state index contributed by atoms with van der Waals surface area (Å²) in [5.74, 6) is 5.68. The lowest BCUT2D eigenvalue weighted by molar-refractivity contribution is -0.139. The molecule has 0 spiro atoms. The Labute approximate surface area is 221 Å². The number of aromatic nitrogens is 1. The van der Waals surface area contributed by atoms with Gasteiger partial charge in [0.1, 0.15) is 11.6 Å². The Kier molecular flexibility index (Phi) is 8.99. The predicted octanol–water partition coefficient (Wildman–Crippen LogP) is 5.31. The Hall–Kier alpha value is -3.18. The van der Waals surface area contributed by atoms with Crippen LogP contribution in [0.3, 0.4) is 0 Å². The third-order valence-electron chi connectivity index (χ3n) is 7.02. The van der Waals surface area contributed by atoms with Crippen LogP contribution >= 0.6 is 11.6 Å². The van der Waals surface area contributed by atoms with E-state index in [1.165, 1.54) is 12.1 Å². The average molecular weight is 525 g/mol. The van der Waals surface area contributed by atoms with E-state index in [-0.39, 0.29) is 23.3 Å². The number of methoxy groups -OCH3 is 1. The van der Waals surface area contributed by atoms with E-state index in [0.29, 0.717) is 30.8 Å². The number of carboxylic acid groups (broad SMARTS) is 1. The van der Waals surface area contributed by atoms with Gasteiger partial charge in [0.2, 0.25) is 0 Å². The predicted molar refractivity (Wildman–Crippen MR) is 141 cm³/mol. The number of carbonyl (C=O) groups is 1. The summed E-state index contributed by atoms with van der Waals surface area (Å²) in [7, 11) is 1.60. The lowest BCUT2D eigenvalue weighted by Crippen LogP contribution is -2.41. The van der Waals surface area contributed by atoms with Gasteiger partial charge in [0, 0.05) is 30.1 Å². The first-order valence-electron chi connectivity index (χ1n) is 12.3. The van der Waals surface area contributed by atoms with Gasteiger partial charge < -0.3 is 14.9 Å². The Balaban J connectivity index is 1.39. The maximum absolute atomic E-state index is 13.2. The molecule has 4 rings (SSSR count). The Morgan fingerprint density at radius 1 is 1.27 bits per heavy atom. The standard InChI is InChI=1S/C29H30ClFN2O4/c1-37-23-7-8-27-25(17-23)24(10-12-32-27)28(34)9-5-19-11-14-33(18-21(19)15-29(35)36)13-2-3-20-4-6-22(31)16-26(20)30/h4,6-8,10,12,16-17,19,21,28,34H,5,9,11,13-15,18H2,1H3,(H,35,36)/t19-,21+,28-/m1/s1. The molecular formula is C29H30ClFN2O4. The summed E-state index contributed by atoms with van der Waals surface area (Å²) < 4.78 is 18.6. The smallest absolute Gasteiger partial charge is 0.303 e.